The van der Waals surface area contributed by atoms with Crippen molar-refractivity contribution in [1.82, 2.24) is 24.2 Å². The molecule has 0 radical (unpaired) electrons. The van der Waals surface area contributed by atoms with Crippen LogP contribution in [-0.4, -0.2) is 80.5 Å². The lowest BCUT2D eigenvalue weighted by atomic mass is 9.79. The number of Topliss-reactive ketones (excluding diaryl/α,β-unsaturated/α-hetero) is 1. The molecule has 1 N–H and O–H groups in total. The second-order valence-electron chi connectivity index (χ2n) is 21.1. The van der Waals surface area contributed by atoms with Gasteiger partial charge in [0.15, 0.2) is 5.78 Å². The molecule has 3 fully saturated rings. The third-order valence-electron chi connectivity index (χ3n) is 14.0. The molecule has 8 rings (SSSR count). The number of carbonyl (C=O) groups excluding carboxylic acids is 4. The van der Waals surface area contributed by atoms with E-state index in [1.165, 1.54) is 4.88 Å². The predicted octanol–water partition coefficient (Wildman–Crippen LogP) is 8.54. The van der Waals surface area contributed by atoms with Gasteiger partial charge in [-0.2, -0.15) is 4.98 Å². The molecule has 2 saturated carbocycles. The first-order valence-electron chi connectivity index (χ1n) is 23.1. The number of esters is 1. The van der Waals surface area contributed by atoms with Crippen LogP contribution in [0.1, 0.15) is 155 Å². The zero-order valence-electron chi connectivity index (χ0n) is 38.3. The number of thiazole rings is 1. The number of imidazole rings is 1. The number of nitrogens with zero attached hydrogens (tertiary/aromatic N) is 4. The van der Waals surface area contributed by atoms with E-state index in [2.05, 4.69) is 38.5 Å². The Kier molecular flexibility index (Phi) is 12.1. The van der Waals surface area contributed by atoms with Crippen LogP contribution in [0.2, 0.25) is 0 Å². The van der Waals surface area contributed by atoms with Crippen molar-refractivity contribution in [3.63, 3.8) is 0 Å². The minimum Gasteiger partial charge on any atom is -0.460 e. The minimum atomic E-state index is -3.96. The zero-order chi connectivity index (χ0) is 45.3. The Morgan fingerprint density at radius 2 is 1.79 bits per heavy atom. The summed E-state index contributed by atoms with van der Waals surface area (Å²) in [6.07, 6.45) is 11.1. The summed E-state index contributed by atoms with van der Waals surface area (Å²) in [5.41, 5.74) is 1.73. The average Bonchev–Trinajstić information content (AvgIpc) is 3.88. The Morgan fingerprint density at radius 3 is 2.49 bits per heavy atom. The molecule has 0 bridgehead atoms. The molecule has 2 aliphatic heterocycles. The van der Waals surface area contributed by atoms with Crippen molar-refractivity contribution in [3.8, 4) is 16.6 Å². The predicted molar refractivity (Wildman–Crippen MR) is 243 cm³/mol. The molecular formula is C48H65N5O8S2. The smallest absolute Gasteiger partial charge is 0.307 e. The van der Waals surface area contributed by atoms with Gasteiger partial charge < -0.3 is 14.4 Å². The van der Waals surface area contributed by atoms with E-state index in [0.29, 0.717) is 38.1 Å². The van der Waals surface area contributed by atoms with Gasteiger partial charge in [-0.1, -0.05) is 44.9 Å². The number of ether oxygens (including phenoxy) is 2. The lowest BCUT2D eigenvalue weighted by Gasteiger charge is -2.29. The lowest BCUT2D eigenvalue weighted by Crippen LogP contribution is -2.47. The van der Waals surface area contributed by atoms with Crippen molar-refractivity contribution < 1.29 is 37.1 Å². The SMILES string of the molecule is CC(C)n1c(O[C@@H]2C[C@H]3C(=O)C[C@]4(C(=O)NS(=O)(=O)C5(C)CC5)C[C@@H]4/C=C\CCCCC[C@H](CC(=O)OC(C)(C)C)C(=O)N3C2)nc2c(-c3nc4c(s3)CCCC4(C)C)cccc21. The Balaban J connectivity index is 1.13. The minimum absolute atomic E-state index is 0.00380. The van der Waals surface area contributed by atoms with Crippen LogP contribution in [0.15, 0.2) is 30.4 Å². The van der Waals surface area contributed by atoms with Gasteiger partial charge in [0.25, 0.3) is 6.01 Å². The summed E-state index contributed by atoms with van der Waals surface area (Å²) in [4.78, 5) is 70.3. The molecule has 4 heterocycles. The largest absolute Gasteiger partial charge is 0.460 e. The number of nitrogens with one attached hydrogen (secondary N) is 1. The lowest BCUT2D eigenvalue weighted by molar-refractivity contribution is -0.159. The van der Waals surface area contributed by atoms with Gasteiger partial charge >= 0.3 is 5.97 Å². The maximum Gasteiger partial charge on any atom is 0.307 e. The van der Waals surface area contributed by atoms with E-state index in [1.54, 1.807) is 43.9 Å². The topological polar surface area (TPSA) is 167 Å². The van der Waals surface area contributed by atoms with Crippen LogP contribution < -0.4 is 9.46 Å². The summed E-state index contributed by atoms with van der Waals surface area (Å²) in [5, 5.41) is 0.921. The number of benzene rings is 1. The fourth-order valence-electron chi connectivity index (χ4n) is 9.98. The van der Waals surface area contributed by atoms with Crippen molar-refractivity contribution in [2.24, 2.45) is 17.3 Å². The summed E-state index contributed by atoms with van der Waals surface area (Å²) in [7, 11) is -3.96. The van der Waals surface area contributed by atoms with Gasteiger partial charge in [0.2, 0.25) is 21.8 Å². The molecular weight excluding hydrogens is 839 g/mol. The first kappa shape index (κ1) is 45.5. The molecule has 342 valence electrons. The number of carbonyl (C=O) groups is 4. The highest BCUT2D eigenvalue weighted by Crippen LogP contribution is 2.58. The number of sulfonamides is 1. The first-order valence-corrected chi connectivity index (χ1v) is 25.4. The van der Waals surface area contributed by atoms with Crippen molar-refractivity contribution >= 4 is 56.0 Å². The molecule has 63 heavy (non-hydrogen) atoms. The number of ketones is 1. The maximum atomic E-state index is 14.9. The van der Waals surface area contributed by atoms with E-state index < -0.39 is 55.7 Å². The maximum absolute atomic E-state index is 14.9. The third-order valence-corrected chi connectivity index (χ3v) is 17.4. The highest BCUT2D eigenvalue weighted by atomic mass is 32.2. The molecule has 5 aliphatic rings. The Morgan fingerprint density at radius 1 is 1.03 bits per heavy atom. The molecule has 2 amide bonds. The monoisotopic (exact) mass is 903 g/mol. The number of hydrogen-bond donors (Lipinski definition) is 1. The van der Waals surface area contributed by atoms with Gasteiger partial charge in [-0.05, 0) is 117 Å². The van der Waals surface area contributed by atoms with Crippen molar-refractivity contribution in [2.75, 3.05) is 6.54 Å². The molecule has 2 aromatic heterocycles. The fourth-order valence-corrected chi connectivity index (χ4v) is 12.6. The van der Waals surface area contributed by atoms with E-state index in [0.717, 1.165) is 65.8 Å². The highest BCUT2D eigenvalue weighted by molar-refractivity contribution is 7.91. The van der Waals surface area contributed by atoms with Crippen LogP contribution in [0.4, 0.5) is 0 Å². The zero-order valence-corrected chi connectivity index (χ0v) is 39.9. The number of fused-ring (bicyclic) bond motifs is 4. The van der Waals surface area contributed by atoms with Crippen LogP contribution in [0.3, 0.4) is 0 Å². The summed E-state index contributed by atoms with van der Waals surface area (Å²) in [6, 6.07) is 5.44. The van der Waals surface area contributed by atoms with Gasteiger partial charge in [0.1, 0.15) is 22.2 Å². The second-order valence-corrected chi connectivity index (χ2v) is 24.4. The van der Waals surface area contributed by atoms with Gasteiger partial charge in [-0.25, -0.2) is 13.4 Å². The molecule has 3 aromatic rings. The number of amides is 2. The normalized spacial score (nSPS) is 27.7. The number of para-hydroxylation sites is 1. The van der Waals surface area contributed by atoms with E-state index in [-0.39, 0.29) is 54.9 Å². The quantitative estimate of drug-likeness (QED) is 0.162. The van der Waals surface area contributed by atoms with Crippen LogP contribution in [0, 0.1) is 17.3 Å². The number of aromatic nitrogens is 3. The summed E-state index contributed by atoms with van der Waals surface area (Å²) in [6.45, 7) is 15.7. The van der Waals surface area contributed by atoms with Crippen molar-refractivity contribution in [2.45, 2.75) is 179 Å². The Labute approximate surface area is 376 Å². The highest BCUT2D eigenvalue weighted by Gasteiger charge is 2.62. The van der Waals surface area contributed by atoms with Crippen molar-refractivity contribution in [1.29, 1.82) is 0 Å². The number of allylic oxidation sites excluding steroid dienone is 2. The molecule has 1 saturated heterocycles. The molecule has 13 nitrogen and oxygen atoms in total. The Bertz CT molecular complexity index is 2440. The van der Waals surface area contributed by atoms with E-state index in [4.69, 9.17) is 19.4 Å². The standard InChI is InChI=1S/C48H65N5O8S2/c1-29(2)53-34-19-14-18-33(41-50-40-37(62-41)20-15-21-46(40,6)7)39(34)49-44(53)60-32-25-35-36(54)27-48(43(57)51-63(58,59)47(8)22-23-47)26-31(48)17-13-11-9-10-12-16-30(42(56)52(35)28-32)24-38(55)61-45(3,4)5/h13-14,17-19,29-32,35H,9-12,15-16,20-28H2,1-8H3,(H,51,57)/b17-13-/t30-,31+,32-,35+,48-/m1/s1. The summed E-state index contributed by atoms with van der Waals surface area (Å²) >= 11 is 1.73. The van der Waals surface area contributed by atoms with Crippen LogP contribution in [0.25, 0.3) is 21.6 Å². The van der Waals surface area contributed by atoms with E-state index in [9.17, 15) is 27.6 Å². The molecule has 1 aromatic carbocycles. The number of aryl methyl sites for hydroxylation is 1. The van der Waals surface area contributed by atoms with Gasteiger partial charge in [0.05, 0.1) is 40.4 Å². The average molecular weight is 904 g/mol. The van der Waals surface area contributed by atoms with E-state index >= 15 is 0 Å². The van der Waals surface area contributed by atoms with Crippen LogP contribution in [-0.2, 0) is 45.8 Å². The second kappa shape index (κ2) is 16.7. The fraction of sp³-hybridized carbons (Fsp3) is 0.667. The summed E-state index contributed by atoms with van der Waals surface area (Å²) < 4.78 is 42.6. The number of hydrogen-bond acceptors (Lipinski definition) is 11. The molecule has 5 atom stereocenters. The van der Waals surface area contributed by atoms with Gasteiger partial charge in [-0.3, -0.25) is 28.5 Å². The van der Waals surface area contributed by atoms with Gasteiger partial charge in [0, 0.05) is 40.7 Å². The first-order chi connectivity index (χ1) is 29.6. The van der Waals surface area contributed by atoms with Gasteiger partial charge in [-0.15, -0.1) is 11.3 Å². The molecule has 15 heteroatoms. The molecule has 0 unspecified atom stereocenters. The molecule has 0 spiro atoms. The van der Waals surface area contributed by atoms with Crippen LogP contribution >= 0.6 is 11.3 Å². The van der Waals surface area contributed by atoms with Crippen LogP contribution in [0.5, 0.6) is 6.01 Å². The van der Waals surface area contributed by atoms with Crippen molar-refractivity contribution in [3.05, 3.63) is 40.9 Å². The number of rotatable bonds is 9. The Hall–Kier alpha value is -4.11. The summed E-state index contributed by atoms with van der Waals surface area (Å²) in [5.74, 6) is -2.87. The third kappa shape index (κ3) is 9.11. The molecule has 3 aliphatic carbocycles. The van der Waals surface area contributed by atoms with E-state index in [1.807, 2.05) is 28.9 Å².